The number of anilines is 1. The molecular formula is C15H19BrN4. The SMILES string of the molecule is CCNc1nc(-c2ccncc2)nc(C(C)(C)C)c1Br. The van der Waals surface area contributed by atoms with Crippen LogP contribution in [0.5, 0.6) is 0 Å². The highest BCUT2D eigenvalue weighted by Gasteiger charge is 2.23. The molecule has 106 valence electrons. The first-order chi connectivity index (χ1) is 9.43. The summed E-state index contributed by atoms with van der Waals surface area (Å²) < 4.78 is 0.935. The first kappa shape index (κ1) is 14.9. The Hall–Kier alpha value is -1.49. The van der Waals surface area contributed by atoms with Gasteiger partial charge in [0, 0.05) is 29.9 Å². The lowest BCUT2D eigenvalue weighted by atomic mass is 9.91. The van der Waals surface area contributed by atoms with Gasteiger partial charge in [-0.1, -0.05) is 20.8 Å². The lowest BCUT2D eigenvalue weighted by molar-refractivity contribution is 0.564. The summed E-state index contributed by atoms with van der Waals surface area (Å²) in [5.41, 5.74) is 1.90. The summed E-state index contributed by atoms with van der Waals surface area (Å²) in [4.78, 5) is 13.4. The van der Waals surface area contributed by atoms with Gasteiger partial charge in [-0.25, -0.2) is 9.97 Å². The number of halogens is 1. The Morgan fingerprint density at radius 1 is 1.15 bits per heavy atom. The van der Waals surface area contributed by atoms with Gasteiger partial charge >= 0.3 is 0 Å². The van der Waals surface area contributed by atoms with Gasteiger partial charge < -0.3 is 5.32 Å². The van der Waals surface area contributed by atoms with Crippen molar-refractivity contribution in [3.63, 3.8) is 0 Å². The highest BCUT2D eigenvalue weighted by Crippen LogP contribution is 2.34. The molecule has 20 heavy (non-hydrogen) atoms. The zero-order chi connectivity index (χ0) is 14.8. The van der Waals surface area contributed by atoms with E-state index < -0.39 is 0 Å². The molecule has 0 amide bonds. The zero-order valence-corrected chi connectivity index (χ0v) is 13.8. The number of hydrogen-bond donors (Lipinski definition) is 1. The summed E-state index contributed by atoms with van der Waals surface area (Å²) in [5, 5.41) is 3.28. The summed E-state index contributed by atoms with van der Waals surface area (Å²) in [6.07, 6.45) is 3.51. The van der Waals surface area contributed by atoms with Crippen molar-refractivity contribution < 1.29 is 0 Å². The number of hydrogen-bond acceptors (Lipinski definition) is 4. The van der Waals surface area contributed by atoms with Gasteiger partial charge in [0.15, 0.2) is 5.82 Å². The number of aromatic nitrogens is 3. The standard InChI is InChI=1S/C15H19BrN4/c1-5-18-14-11(16)12(15(2,3)4)19-13(20-14)10-6-8-17-9-7-10/h6-9H,5H2,1-4H3,(H,18,19,20). The monoisotopic (exact) mass is 334 g/mol. The van der Waals surface area contributed by atoms with E-state index in [1.165, 1.54) is 0 Å². The maximum Gasteiger partial charge on any atom is 0.161 e. The molecule has 0 fully saturated rings. The minimum absolute atomic E-state index is 0.0618. The molecule has 4 nitrogen and oxygen atoms in total. The topological polar surface area (TPSA) is 50.7 Å². The van der Waals surface area contributed by atoms with Crippen LogP contribution < -0.4 is 5.32 Å². The fraction of sp³-hybridized carbons (Fsp3) is 0.400. The number of nitrogens with zero attached hydrogens (tertiary/aromatic N) is 3. The van der Waals surface area contributed by atoms with Crippen molar-refractivity contribution in [2.45, 2.75) is 33.1 Å². The van der Waals surface area contributed by atoms with Crippen LogP contribution in [0.4, 0.5) is 5.82 Å². The molecule has 0 saturated heterocycles. The first-order valence-corrected chi connectivity index (χ1v) is 7.45. The zero-order valence-electron chi connectivity index (χ0n) is 12.2. The van der Waals surface area contributed by atoms with E-state index in [0.29, 0.717) is 0 Å². The average Bonchev–Trinajstić information content (AvgIpc) is 2.41. The molecule has 1 N–H and O–H groups in total. The lowest BCUT2D eigenvalue weighted by Gasteiger charge is -2.22. The molecular weight excluding hydrogens is 316 g/mol. The molecule has 0 radical (unpaired) electrons. The second-order valence-electron chi connectivity index (χ2n) is 5.57. The lowest BCUT2D eigenvalue weighted by Crippen LogP contribution is -2.17. The van der Waals surface area contributed by atoms with E-state index in [1.54, 1.807) is 12.4 Å². The summed E-state index contributed by atoms with van der Waals surface area (Å²) in [6, 6.07) is 3.84. The number of pyridine rings is 1. The largest absolute Gasteiger partial charge is 0.369 e. The predicted molar refractivity (Wildman–Crippen MR) is 85.8 cm³/mol. The maximum atomic E-state index is 4.73. The third-order valence-corrected chi connectivity index (χ3v) is 3.60. The molecule has 2 heterocycles. The Labute approximate surface area is 128 Å². The van der Waals surface area contributed by atoms with Gasteiger partial charge in [0.25, 0.3) is 0 Å². The van der Waals surface area contributed by atoms with Gasteiger partial charge in [-0.3, -0.25) is 4.98 Å². The molecule has 2 aromatic heterocycles. The fourth-order valence-corrected chi connectivity index (χ4v) is 2.77. The predicted octanol–water partition coefficient (Wildman–Crippen LogP) is 4.03. The van der Waals surface area contributed by atoms with Crippen molar-refractivity contribution >= 4 is 21.7 Å². The average molecular weight is 335 g/mol. The molecule has 0 atom stereocenters. The minimum Gasteiger partial charge on any atom is -0.369 e. The highest BCUT2D eigenvalue weighted by molar-refractivity contribution is 9.10. The van der Waals surface area contributed by atoms with E-state index >= 15 is 0 Å². The van der Waals surface area contributed by atoms with Crippen LogP contribution in [-0.4, -0.2) is 21.5 Å². The van der Waals surface area contributed by atoms with Gasteiger partial charge in [-0.2, -0.15) is 0 Å². The Bertz CT molecular complexity index is 591. The fourth-order valence-electron chi connectivity index (χ4n) is 1.86. The molecule has 0 spiro atoms. The molecule has 0 aromatic carbocycles. The summed E-state index contributed by atoms with van der Waals surface area (Å²) in [7, 11) is 0. The Morgan fingerprint density at radius 3 is 2.35 bits per heavy atom. The second-order valence-corrected chi connectivity index (χ2v) is 6.37. The van der Waals surface area contributed by atoms with Crippen molar-refractivity contribution in [1.29, 1.82) is 0 Å². The van der Waals surface area contributed by atoms with Crippen molar-refractivity contribution in [3.8, 4) is 11.4 Å². The third kappa shape index (κ3) is 3.15. The van der Waals surface area contributed by atoms with E-state index in [-0.39, 0.29) is 5.41 Å². The molecule has 2 aromatic rings. The second kappa shape index (κ2) is 5.87. The smallest absolute Gasteiger partial charge is 0.161 e. The van der Waals surface area contributed by atoms with Crippen molar-refractivity contribution in [1.82, 2.24) is 15.0 Å². The van der Waals surface area contributed by atoms with E-state index in [9.17, 15) is 0 Å². The van der Waals surface area contributed by atoms with Crippen molar-refractivity contribution in [3.05, 3.63) is 34.7 Å². The van der Waals surface area contributed by atoms with E-state index in [4.69, 9.17) is 4.98 Å². The Kier molecular flexibility index (Phi) is 4.38. The molecule has 0 aliphatic heterocycles. The van der Waals surface area contributed by atoms with E-state index in [2.05, 4.69) is 58.9 Å². The Morgan fingerprint density at radius 2 is 1.80 bits per heavy atom. The maximum absolute atomic E-state index is 4.73. The molecule has 2 rings (SSSR count). The van der Waals surface area contributed by atoms with Crippen LogP contribution in [0.2, 0.25) is 0 Å². The van der Waals surface area contributed by atoms with Crippen molar-refractivity contribution in [2.24, 2.45) is 0 Å². The van der Waals surface area contributed by atoms with E-state index in [1.807, 2.05) is 12.1 Å². The highest BCUT2D eigenvalue weighted by atomic mass is 79.9. The van der Waals surface area contributed by atoms with Crippen LogP contribution in [0.25, 0.3) is 11.4 Å². The van der Waals surface area contributed by atoms with Crippen molar-refractivity contribution in [2.75, 3.05) is 11.9 Å². The van der Waals surface area contributed by atoms with Crippen LogP contribution in [0.15, 0.2) is 29.0 Å². The molecule has 0 bridgehead atoms. The van der Waals surface area contributed by atoms with Gasteiger partial charge in [0.2, 0.25) is 0 Å². The van der Waals surface area contributed by atoms with Gasteiger partial charge in [-0.15, -0.1) is 0 Å². The van der Waals surface area contributed by atoms with Crippen LogP contribution in [0.1, 0.15) is 33.4 Å². The number of rotatable bonds is 3. The number of nitrogens with one attached hydrogen (secondary N) is 1. The quantitative estimate of drug-likeness (QED) is 0.920. The summed E-state index contributed by atoms with van der Waals surface area (Å²) in [5.74, 6) is 1.55. The van der Waals surface area contributed by atoms with E-state index in [0.717, 1.165) is 33.9 Å². The summed E-state index contributed by atoms with van der Waals surface area (Å²) in [6.45, 7) is 9.30. The third-order valence-electron chi connectivity index (χ3n) is 2.84. The minimum atomic E-state index is -0.0618. The van der Waals surface area contributed by atoms with Gasteiger partial charge in [-0.05, 0) is 35.0 Å². The molecule has 5 heteroatoms. The van der Waals surface area contributed by atoms with Crippen LogP contribution in [0, 0.1) is 0 Å². The van der Waals surface area contributed by atoms with Crippen LogP contribution in [0.3, 0.4) is 0 Å². The first-order valence-electron chi connectivity index (χ1n) is 6.65. The Balaban J connectivity index is 2.62. The molecule has 0 unspecified atom stereocenters. The van der Waals surface area contributed by atoms with Crippen LogP contribution >= 0.6 is 15.9 Å². The van der Waals surface area contributed by atoms with Gasteiger partial charge in [0.05, 0.1) is 10.2 Å². The molecule has 0 aliphatic rings. The van der Waals surface area contributed by atoms with Gasteiger partial charge in [0.1, 0.15) is 5.82 Å². The van der Waals surface area contributed by atoms with Crippen LogP contribution in [-0.2, 0) is 5.41 Å². The molecule has 0 aliphatic carbocycles. The summed E-state index contributed by atoms with van der Waals surface area (Å²) >= 11 is 3.62. The normalized spacial score (nSPS) is 11.4. The molecule has 0 saturated carbocycles.